The van der Waals surface area contributed by atoms with Gasteiger partial charge in [0.2, 0.25) is 0 Å². The topological polar surface area (TPSA) is 64.1 Å². The Balaban J connectivity index is 2.25. The SMILES string of the molecule is Cc1nc([C@@H](C)N)cn1C1CCCCCC1O. The summed E-state index contributed by atoms with van der Waals surface area (Å²) in [5.41, 5.74) is 6.77. The van der Waals surface area contributed by atoms with Gasteiger partial charge in [-0.3, -0.25) is 0 Å². The third-order valence-electron chi connectivity index (χ3n) is 3.70. The van der Waals surface area contributed by atoms with Crippen LogP contribution in [0.3, 0.4) is 0 Å². The fraction of sp³-hybridized carbons (Fsp3) is 0.769. The molecule has 4 heteroatoms. The van der Waals surface area contributed by atoms with E-state index in [0.29, 0.717) is 0 Å². The summed E-state index contributed by atoms with van der Waals surface area (Å²) in [7, 11) is 0. The minimum absolute atomic E-state index is 0.0436. The highest BCUT2D eigenvalue weighted by molar-refractivity contribution is 5.08. The van der Waals surface area contributed by atoms with Gasteiger partial charge in [0.15, 0.2) is 0 Å². The second kappa shape index (κ2) is 5.19. The Morgan fingerprint density at radius 3 is 2.76 bits per heavy atom. The molecule has 1 aliphatic carbocycles. The summed E-state index contributed by atoms with van der Waals surface area (Å²) in [6.07, 6.45) is 7.25. The normalized spacial score (nSPS) is 27.8. The molecule has 1 fully saturated rings. The van der Waals surface area contributed by atoms with Crippen molar-refractivity contribution >= 4 is 0 Å². The lowest BCUT2D eigenvalue weighted by atomic mass is 10.1. The molecular formula is C13H23N3O. The van der Waals surface area contributed by atoms with E-state index < -0.39 is 0 Å². The molecule has 2 unspecified atom stereocenters. The van der Waals surface area contributed by atoms with E-state index in [2.05, 4.69) is 9.55 Å². The van der Waals surface area contributed by atoms with Gasteiger partial charge in [-0.25, -0.2) is 4.98 Å². The Morgan fingerprint density at radius 1 is 1.41 bits per heavy atom. The van der Waals surface area contributed by atoms with Crippen molar-refractivity contribution in [1.82, 2.24) is 9.55 Å². The lowest BCUT2D eigenvalue weighted by Crippen LogP contribution is -2.23. The first-order valence-corrected chi connectivity index (χ1v) is 6.58. The van der Waals surface area contributed by atoms with Crippen LogP contribution < -0.4 is 5.73 Å². The van der Waals surface area contributed by atoms with Crippen LogP contribution in [-0.2, 0) is 0 Å². The van der Waals surface area contributed by atoms with Crippen molar-refractivity contribution in [2.45, 2.75) is 64.1 Å². The van der Waals surface area contributed by atoms with Crippen molar-refractivity contribution in [3.63, 3.8) is 0 Å². The number of imidazole rings is 1. The van der Waals surface area contributed by atoms with Crippen LogP contribution in [0.25, 0.3) is 0 Å². The molecule has 4 nitrogen and oxygen atoms in total. The average molecular weight is 237 g/mol. The fourth-order valence-corrected chi connectivity index (χ4v) is 2.66. The predicted octanol–water partition coefficient (Wildman–Crippen LogP) is 2.08. The van der Waals surface area contributed by atoms with Crippen LogP contribution in [0, 0.1) is 6.92 Å². The van der Waals surface area contributed by atoms with Crippen LogP contribution in [0.5, 0.6) is 0 Å². The Labute approximate surface area is 103 Å². The van der Waals surface area contributed by atoms with Crippen molar-refractivity contribution in [1.29, 1.82) is 0 Å². The van der Waals surface area contributed by atoms with E-state index in [1.165, 1.54) is 12.8 Å². The number of aromatic nitrogens is 2. The predicted molar refractivity (Wildman–Crippen MR) is 67.7 cm³/mol. The molecule has 1 aromatic rings. The summed E-state index contributed by atoms with van der Waals surface area (Å²) in [5.74, 6) is 0.961. The van der Waals surface area contributed by atoms with Crippen molar-refractivity contribution in [2.75, 3.05) is 0 Å². The van der Waals surface area contributed by atoms with E-state index >= 15 is 0 Å². The van der Waals surface area contributed by atoms with E-state index in [4.69, 9.17) is 5.73 Å². The van der Waals surface area contributed by atoms with Gasteiger partial charge in [0, 0.05) is 12.2 Å². The molecular weight excluding hydrogens is 214 g/mol. The molecule has 2 rings (SSSR count). The monoisotopic (exact) mass is 237 g/mol. The third-order valence-corrected chi connectivity index (χ3v) is 3.70. The third kappa shape index (κ3) is 2.69. The molecule has 0 bridgehead atoms. The van der Waals surface area contributed by atoms with E-state index in [9.17, 15) is 5.11 Å². The summed E-state index contributed by atoms with van der Waals surface area (Å²) < 4.78 is 2.12. The lowest BCUT2D eigenvalue weighted by Gasteiger charge is -2.23. The quantitative estimate of drug-likeness (QED) is 0.774. The molecule has 96 valence electrons. The van der Waals surface area contributed by atoms with Crippen molar-refractivity contribution in [2.24, 2.45) is 5.73 Å². The highest BCUT2D eigenvalue weighted by Crippen LogP contribution is 2.29. The van der Waals surface area contributed by atoms with Gasteiger partial charge >= 0.3 is 0 Å². The first-order valence-electron chi connectivity index (χ1n) is 6.58. The van der Waals surface area contributed by atoms with E-state index in [1.54, 1.807) is 0 Å². The number of aryl methyl sites for hydroxylation is 1. The van der Waals surface area contributed by atoms with Crippen LogP contribution in [0.2, 0.25) is 0 Å². The van der Waals surface area contributed by atoms with E-state index in [-0.39, 0.29) is 18.2 Å². The highest BCUT2D eigenvalue weighted by Gasteiger charge is 2.25. The molecule has 1 aliphatic rings. The molecule has 0 amide bonds. The summed E-state index contributed by atoms with van der Waals surface area (Å²) in [6, 6.07) is 0.135. The van der Waals surface area contributed by atoms with Crippen molar-refractivity contribution in [3.05, 3.63) is 17.7 Å². The van der Waals surface area contributed by atoms with Gasteiger partial charge in [-0.1, -0.05) is 19.3 Å². The van der Waals surface area contributed by atoms with Gasteiger partial charge in [0.1, 0.15) is 5.82 Å². The van der Waals surface area contributed by atoms with Gasteiger partial charge < -0.3 is 15.4 Å². The van der Waals surface area contributed by atoms with Gasteiger partial charge in [-0.15, -0.1) is 0 Å². The maximum Gasteiger partial charge on any atom is 0.106 e. The van der Waals surface area contributed by atoms with Crippen molar-refractivity contribution < 1.29 is 5.11 Å². The van der Waals surface area contributed by atoms with Crippen LogP contribution in [0.1, 0.15) is 62.6 Å². The number of rotatable bonds is 2. The minimum Gasteiger partial charge on any atom is -0.391 e. The maximum absolute atomic E-state index is 10.2. The molecule has 1 saturated carbocycles. The zero-order valence-electron chi connectivity index (χ0n) is 10.8. The lowest BCUT2D eigenvalue weighted by molar-refractivity contribution is 0.104. The highest BCUT2D eigenvalue weighted by atomic mass is 16.3. The fourth-order valence-electron chi connectivity index (χ4n) is 2.66. The van der Waals surface area contributed by atoms with Crippen LogP contribution in [0.4, 0.5) is 0 Å². The summed E-state index contributed by atoms with van der Waals surface area (Å²) in [4.78, 5) is 4.48. The zero-order chi connectivity index (χ0) is 12.4. The van der Waals surface area contributed by atoms with Gasteiger partial charge in [-0.05, 0) is 26.7 Å². The summed E-state index contributed by atoms with van der Waals surface area (Å²) >= 11 is 0. The maximum atomic E-state index is 10.2. The van der Waals surface area contributed by atoms with E-state index in [1.807, 2.05) is 20.0 Å². The molecule has 1 heterocycles. The molecule has 0 spiro atoms. The van der Waals surface area contributed by atoms with Crippen LogP contribution in [0.15, 0.2) is 6.20 Å². The number of nitrogens with zero attached hydrogens (tertiary/aromatic N) is 2. The Kier molecular flexibility index (Phi) is 3.84. The average Bonchev–Trinajstić information content (AvgIpc) is 2.53. The van der Waals surface area contributed by atoms with Gasteiger partial charge in [0.05, 0.1) is 17.8 Å². The Hall–Kier alpha value is -0.870. The summed E-state index contributed by atoms with van der Waals surface area (Å²) in [6.45, 7) is 3.93. The van der Waals surface area contributed by atoms with Gasteiger partial charge in [-0.2, -0.15) is 0 Å². The molecule has 0 aliphatic heterocycles. The second-order valence-electron chi connectivity index (χ2n) is 5.18. The molecule has 0 saturated heterocycles. The smallest absolute Gasteiger partial charge is 0.106 e. The minimum atomic E-state index is -0.244. The molecule has 17 heavy (non-hydrogen) atoms. The first kappa shape index (κ1) is 12.6. The Bertz CT molecular complexity index is 373. The van der Waals surface area contributed by atoms with Crippen LogP contribution in [-0.4, -0.2) is 20.8 Å². The zero-order valence-corrected chi connectivity index (χ0v) is 10.8. The second-order valence-corrected chi connectivity index (χ2v) is 5.18. The first-order chi connectivity index (χ1) is 8.09. The standard InChI is InChI=1S/C13H23N3O/c1-9(14)11-8-16(10(2)15-11)12-6-4-3-5-7-13(12)17/h8-9,12-13,17H,3-7,14H2,1-2H3/t9-,12?,13?/m1/s1. The number of aliphatic hydroxyl groups excluding tert-OH is 1. The van der Waals surface area contributed by atoms with Gasteiger partial charge in [0.25, 0.3) is 0 Å². The molecule has 3 atom stereocenters. The van der Waals surface area contributed by atoms with Crippen LogP contribution >= 0.6 is 0 Å². The number of hydrogen-bond donors (Lipinski definition) is 2. The summed E-state index contributed by atoms with van der Waals surface area (Å²) in [5, 5.41) is 10.2. The molecule has 1 aromatic heterocycles. The van der Waals surface area contributed by atoms with E-state index in [0.717, 1.165) is 30.8 Å². The number of nitrogens with two attached hydrogens (primary N) is 1. The Morgan fingerprint density at radius 2 is 2.12 bits per heavy atom. The molecule has 0 aromatic carbocycles. The molecule has 3 N–H and O–H groups in total. The largest absolute Gasteiger partial charge is 0.391 e. The number of aliphatic hydroxyl groups is 1. The molecule has 0 radical (unpaired) electrons. The number of hydrogen-bond acceptors (Lipinski definition) is 3. The van der Waals surface area contributed by atoms with Crippen molar-refractivity contribution in [3.8, 4) is 0 Å².